The van der Waals surface area contributed by atoms with Crippen molar-refractivity contribution in [3.63, 3.8) is 0 Å². The standard InChI is InChI=1S/C26H34N2O8/c1-4-5-13-34-24-17(2)36-26(31)19(28-25(30)22-23(29)20(32-3)11-12-27-22)15-33-16-21(24)35-14-18-9-7-6-8-10-18/h6-12,17,19,21,24,29H,4-5,13-16H2,1-3H3,(H,28,30)/t17-,19?,21-,24-/m0/s1. The van der Waals surface area contributed by atoms with Crippen molar-refractivity contribution in [1.82, 2.24) is 10.3 Å². The summed E-state index contributed by atoms with van der Waals surface area (Å²) in [6.45, 7) is 4.58. The molecule has 36 heavy (non-hydrogen) atoms. The van der Waals surface area contributed by atoms with Gasteiger partial charge in [-0.25, -0.2) is 9.78 Å². The number of carbonyl (C=O) groups excluding carboxylic acids is 2. The van der Waals surface area contributed by atoms with Crippen molar-refractivity contribution >= 4 is 11.9 Å². The van der Waals surface area contributed by atoms with E-state index in [0.717, 1.165) is 18.4 Å². The number of amides is 1. The first-order valence-electron chi connectivity index (χ1n) is 12.0. The number of ether oxygens (including phenoxy) is 5. The molecule has 3 rings (SSSR count). The zero-order valence-electron chi connectivity index (χ0n) is 20.8. The van der Waals surface area contributed by atoms with Crippen molar-refractivity contribution in [3.05, 3.63) is 53.9 Å². The minimum atomic E-state index is -1.13. The van der Waals surface area contributed by atoms with Crippen LogP contribution >= 0.6 is 0 Å². The summed E-state index contributed by atoms with van der Waals surface area (Å²) in [7, 11) is 1.36. The molecule has 1 aromatic heterocycles. The molecule has 1 aliphatic rings. The van der Waals surface area contributed by atoms with E-state index in [2.05, 4.69) is 17.2 Å². The number of benzene rings is 1. The average Bonchev–Trinajstić information content (AvgIpc) is 2.93. The normalized spacial score (nSPS) is 22.6. The summed E-state index contributed by atoms with van der Waals surface area (Å²) in [5.41, 5.74) is 0.713. The number of carbonyl (C=O) groups is 2. The maximum atomic E-state index is 12.9. The highest BCUT2D eigenvalue weighted by Gasteiger charge is 2.36. The first kappa shape index (κ1) is 27.4. The summed E-state index contributed by atoms with van der Waals surface area (Å²) < 4.78 is 28.7. The van der Waals surface area contributed by atoms with Crippen molar-refractivity contribution in [1.29, 1.82) is 0 Å². The number of cyclic esters (lactones) is 1. The van der Waals surface area contributed by atoms with Crippen LogP contribution in [0.3, 0.4) is 0 Å². The molecule has 0 radical (unpaired) electrons. The van der Waals surface area contributed by atoms with E-state index in [1.165, 1.54) is 19.4 Å². The Morgan fingerprint density at radius 2 is 1.97 bits per heavy atom. The molecule has 1 fully saturated rings. The van der Waals surface area contributed by atoms with Gasteiger partial charge in [-0.15, -0.1) is 0 Å². The van der Waals surface area contributed by atoms with Crippen molar-refractivity contribution in [2.24, 2.45) is 0 Å². The SMILES string of the molecule is CCCCO[C@H]1[C@H](C)OC(=O)C(NC(=O)c2nccc(OC)c2O)COC[C@@H]1OCc1ccccc1. The number of rotatable bonds is 10. The second-order valence-electron chi connectivity index (χ2n) is 8.44. The van der Waals surface area contributed by atoms with Gasteiger partial charge in [-0.3, -0.25) is 4.79 Å². The molecule has 0 saturated carbocycles. The largest absolute Gasteiger partial charge is 0.503 e. The average molecular weight is 503 g/mol. The molecule has 2 heterocycles. The van der Waals surface area contributed by atoms with E-state index in [0.29, 0.717) is 13.2 Å². The van der Waals surface area contributed by atoms with Gasteiger partial charge in [0.05, 0.1) is 26.9 Å². The molecule has 1 aromatic carbocycles. The van der Waals surface area contributed by atoms with Crippen LogP contribution in [0.25, 0.3) is 0 Å². The lowest BCUT2D eigenvalue weighted by Crippen LogP contribution is -2.47. The van der Waals surface area contributed by atoms with Crippen molar-refractivity contribution < 1.29 is 38.4 Å². The predicted molar refractivity (Wildman–Crippen MR) is 130 cm³/mol. The molecule has 1 unspecified atom stereocenters. The molecule has 0 bridgehead atoms. The Morgan fingerprint density at radius 3 is 2.69 bits per heavy atom. The molecule has 2 aromatic rings. The molecule has 4 atom stereocenters. The Kier molecular flexibility index (Phi) is 10.5. The lowest BCUT2D eigenvalue weighted by Gasteiger charge is -2.30. The van der Waals surface area contributed by atoms with Crippen LogP contribution in [0.5, 0.6) is 11.5 Å². The third-order valence-corrected chi connectivity index (χ3v) is 5.72. The fourth-order valence-corrected chi connectivity index (χ4v) is 3.72. The number of hydrogen-bond donors (Lipinski definition) is 2. The summed E-state index contributed by atoms with van der Waals surface area (Å²) in [5.74, 6) is -1.80. The number of pyridine rings is 1. The van der Waals surface area contributed by atoms with Gasteiger partial charge in [0.15, 0.2) is 23.2 Å². The second kappa shape index (κ2) is 13.8. The topological polar surface area (TPSA) is 125 Å². The molecule has 1 amide bonds. The van der Waals surface area contributed by atoms with E-state index in [-0.39, 0.29) is 24.7 Å². The van der Waals surface area contributed by atoms with Gasteiger partial charge in [0.1, 0.15) is 18.3 Å². The van der Waals surface area contributed by atoms with Gasteiger partial charge in [-0.05, 0) is 18.9 Å². The van der Waals surface area contributed by atoms with Crippen molar-refractivity contribution in [3.8, 4) is 11.5 Å². The first-order chi connectivity index (χ1) is 17.4. The van der Waals surface area contributed by atoms with Crippen LogP contribution < -0.4 is 10.1 Å². The van der Waals surface area contributed by atoms with Crippen LogP contribution in [0.4, 0.5) is 0 Å². The summed E-state index contributed by atoms with van der Waals surface area (Å²) in [6, 6.07) is 10.00. The third-order valence-electron chi connectivity index (χ3n) is 5.72. The second-order valence-corrected chi connectivity index (χ2v) is 8.44. The fraction of sp³-hybridized carbons (Fsp3) is 0.500. The van der Waals surface area contributed by atoms with Crippen LogP contribution in [0.2, 0.25) is 0 Å². The number of methoxy groups -OCH3 is 1. The minimum absolute atomic E-state index is 0.0857. The zero-order chi connectivity index (χ0) is 25.9. The van der Waals surface area contributed by atoms with E-state index in [9.17, 15) is 14.7 Å². The van der Waals surface area contributed by atoms with Crippen LogP contribution in [-0.2, 0) is 30.3 Å². The van der Waals surface area contributed by atoms with Crippen LogP contribution in [0.1, 0.15) is 42.7 Å². The molecule has 10 nitrogen and oxygen atoms in total. The van der Waals surface area contributed by atoms with E-state index in [1.807, 2.05) is 30.3 Å². The molecule has 1 saturated heterocycles. The maximum Gasteiger partial charge on any atom is 0.331 e. The number of aromatic hydroxyl groups is 1. The van der Waals surface area contributed by atoms with Crippen LogP contribution in [0.15, 0.2) is 42.6 Å². The minimum Gasteiger partial charge on any atom is -0.503 e. The lowest BCUT2D eigenvalue weighted by molar-refractivity contribution is -0.169. The predicted octanol–water partition coefficient (Wildman–Crippen LogP) is 2.63. The van der Waals surface area contributed by atoms with Gasteiger partial charge in [-0.1, -0.05) is 43.7 Å². The van der Waals surface area contributed by atoms with Crippen LogP contribution in [-0.4, -0.2) is 73.3 Å². The van der Waals surface area contributed by atoms with Gasteiger partial charge in [0.2, 0.25) is 0 Å². The molecule has 2 N–H and O–H groups in total. The Morgan fingerprint density at radius 1 is 1.19 bits per heavy atom. The Bertz CT molecular complexity index is 987. The van der Waals surface area contributed by atoms with Crippen LogP contribution in [0, 0.1) is 0 Å². The number of esters is 1. The quantitative estimate of drug-likeness (QED) is 0.372. The summed E-state index contributed by atoms with van der Waals surface area (Å²) in [4.78, 5) is 29.6. The molecule has 10 heteroatoms. The van der Waals surface area contributed by atoms with E-state index >= 15 is 0 Å². The summed E-state index contributed by atoms with van der Waals surface area (Å²) in [6.07, 6.45) is 1.37. The van der Waals surface area contributed by atoms with Crippen molar-refractivity contribution in [2.75, 3.05) is 26.9 Å². The molecule has 0 spiro atoms. The number of aromatic nitrogens is 1. The molecule has 196 valence electrons. The van der Waals surface area contributed by atoms with Gasteiger partial charge < -0.3 is 34.1 Å². The smallest absolute Gasteiger partial charge is 0.331 e. The van der Waals surface area contributed by atoms with Gasteiger partial charge >= 0.3 is 5.97 Å². The summed E-state index contributed by atoms with van der Waals surface area (Å²) in [5, 5.41) is 12.8. The Balaban J connectivity index is 1.73. The molecular formula is C26H34N2O8. The molecule has 0 aliphatic carbocycles. The first-order valence-corrected chi connectivity index (χ1v) is 12.0. The molecular weight excluding hydrogens is 468 g/mol. The van der Waals surface area contributed by atoms with Gasteiger partial charge in [0.25, 0.3) is 5.91 Å². The number of nitrogens with zero attached hydrogens (tertiary/aromatic N) is 1. The summed E-state index contributed by atoms with van der Waals surface area (Å²) >= 11 is 0. The van der Waals surface area contributed by atoms with Gasteiger partial charge in [0, 0.05) is 18.9 Å². The van der Waals surface area contributed by atoms with Gasteiger partial charge in [-0.2, -0.15) is 0 Å². The Hall–Kier alpha value is -3.21. The highest BCUT2D eigenvalue weighted by Crippen LogP contribution is 2.27. The number of nitrogens with one attached hydrogen (secondary N) is 1. The highest BCUT2D eigenvalue weighted by atomic mass is 16.6. The molecule has 1 aliphatic heterocycles. The fourth-order valence-electron chi connectivity index (χ4n) is 3.72. The number of unbranched alkanes of at least 4 members (excludes halogenated alkanes) is 1. The van der Waals surface area contributed by atoms with E-state index in [1.54, 1.807) is 6.92 Å². The third kappa shape index (κ3) is 7.39. The number of hydrogen-bond acceptors (Lipinski definition) is 9. The Labute approximate surface area is 210 Å². The zero-order valence-corrected chi connectivity index (χ0v) is 20.8. The van der Waals surface area contributed by atoms with E-state index < -0.39 is 42.0 Å². The highest BCUT2D eigenvalue weighted by molar-refractivity contribution is 5.98. The monoisotopic (exact) mass is 502 g/mol. The van der Waals surface area contributed by atoms with E-state index in [4.69, 9.17) is 23.7 Å². The lowest BCUT2D eigenvalue weighted by atomic mass is 10.1. The maximum absolute atomic E-state index is 12.9. The van der Waals surface area contributed by atoms with Crippen molar-refractivity contribution in [2.45, 2.75) is 57.6 Å².